The molecular weight excluding hydrogens is 233 g/mol. The molecule has 0 spiro atoms. The maximum absolute atomic E-state index is 13.4. The lowest BCUT2D eigenvalue weighted by Gasteiger charge is -1.97. The van der Waals surface area contributed by atoms with Crippen LogP contribution < -0.4 is 5.32 Å². The topological polar surface area (TPSA) is 51.0 Å². The highest BCUT2D eigenvalue weighted by molar-refractivity contribution is 5.20. The van der Waals surface area contributed by atoms with Gasteiger partial charge in [0, 0.05) is 12.5 Å². The van der Waals surface area contributed by atoms with Crippen LogP contribution in [-0.2, 0) is 13.0 Å². The fourth-order valence-corrected chi connectivity index (χ4v) is 1.76. The van der Waals surface area contributed by atoms with E-state index in [0.29, 0.717) is 36.3 Å². The van der Waals surface area contributed by atoms with Crippen LogP contribution >= 0.6 is 0 Å². The molecule has 1 aliphatic rings. The van der Waals surface area contributed by atoms with E-state index in [1.165, 1.54) is 18.9 Å². The zero-order valence-electron chi connectivity index (χ0n) is 9.90. The molecule has 1 heterocycles. The number of aromatic nitrogens is 2. The van der Waals surface area contributed by atoms with Crippen LogP contribution in [0.15, 0.2) is 28.8 Å². The third-order valence-corrected chi connectivity index (χ3v) is 2.94. The van der Waals surface area contributed by atoms with Crippen molar-refractivity contribution < 1.29 is 8.91 Å². The molecule has 0 unspecified atom stereocenters. The van der Waals surface area contributed by atoms with Gasteiger partial charge < -0.3 is 9.84 Å². The van der Waals surface area contributed by atoms with Gasteiger partial charge in [0.2, 0.25) is 5.89 Å². The van der Waals surface area contributed by atoms with Crippen LogP contribution in [-0.4, -0.2) is 16.2 Å². The summed E-state index contributed by atoms with van der Waals surface area (Å²) in [5, 5.41) is 7.15. The Morgan fingerprint density at radius 1 is 1.33 bits per heavy atom. The second-order valence-electron chi connectivity index (χ2n) is 4.53. The van der Waals surface area contributed by atoms with Gasteiger partial charge in [0.15, 0.2) is 5.82 Å². The smallest absolute Gasteiger partial charge is 0.240 e. The van der Waals surface area contributed by atoms with Crippen molar-refractivity contribution >= 4 is 0 Å². The molecule has 2 aromatic rings. The van der Waals surface area contributed by atoms with E-state index in [4.69, 9.17) is 4.52 Å². The van der Waals surface area contributed by atoms with E-state index >= 15 is 0 Å². The second-order valence-corrected chi connectivity index (χ2v) is 4.53. The SMILES string of the molecule is Fc1ccccc1Cc1noc(CNC2CC2)n1. The first-order chi connectivity index (χ1) is 8.81. The van der Waals surface area contributed by atoms with Crippen LogP contribution in [0.25, 0.3) is 0 Å². The van der Waals surface area contributed by atoms with Crippen molar-refractivity contribution in [2.75, 3.05) is 0 Å². The lowest BCUT2D eigenvalue weighted by molar-refractivity contribution is 0.363. The van der Waals surface area contributed by atoms with Gasteiger partial charge in [-0.25, -0.2) is 4.39 Å². The summed E-state index contributed by atoms with van der Waals surface area (Å²) < 4.78 is 18.6. The van der Waals surface area contributed by atoms with E-state index in [-0.39, 0.29) is 5.82 Å². The number of hydrogen-bond acceptors (Lipinski definition) is 4. The Morgan fingerprint density at radius 3 is 2.94 bits per heavy atom. The molecule has 0 bridgehead atoms. The van der Waals surface area contributed by atoms with E-state index in [9.17, 15) is 4.39 Å². The van der Waals surface area contributed by atoms with Gasteiger partial charge in [-0.05, 0) is 24.5 Å². The number of nitrogens with zero attached hydrogens (tertiary/aromatic N) is 2. The van der Waals surface area contributed by atoms with Gasteiger partial charge >= 0.3 is 0 Å². The standard InChI is InChI=1S/C13H14FN3O/c14-11-4-2-1-3-9(11)7-12-16-13(18-17-12)8-15-10-5-6-10/h1-4,10,15H,5-8H2. The van der Waals surface area contributed by atoms with Crippen molar-refractivity contribution in [3.63, 3.8) is 0 Å². The molecule has 1 aliphatic carbocycles. The summed E-state index contributed by atoms with van der Waals surface area (Å²) in [6, 6.07) is 7.24. The first-order valence-electron chi connectivity index (χ1n) is 6.09. The molecule has 1 aromatic heterocycles. The number of benzene rings is 1. The summed E-state index contributed by atoms with van der Waals surface area (Å²) in [6.45, 7) is 0.592. The quantitative estimate of drug-likeness (QED) is 0.878. The van der Waals surface area contributed by atoms with Crippen LogP contribution in [0.5, 0.6) is 0 Å². The Kier molecular flexibility index (Phi) is 3.06. The molecule has 1 fully saturated rings. The molecule has 0 amide bonds. The fraction of sp³-hybridized carbons (Fsp3) is 0.385. The second kappa shape index (κ2) is 4.86. The van der Waals surface area contributed by atoms with Gasteiger partial charge in [-0.3, -0.25) is 0 Å². The molecule has 4 nitrogen and oxygen atoms in total. The maximum atomic E-state index is 13.4. The van der Waals surface area contributed by atoms with Gasteiger partial charge in [-0.1, -0.05) is 23.4 Å². The monoisotopic (exact) mass is 247 g/mol. The first-order valence-corrected chi connectivity index (χ1v) is 6.09. The zero-order valence-corrected chi connectivity index (χ0v) is 9.90. The van der Waals surface area contributed by atoms with Crippen molar-refractivity contribution in [3.8, 4) is 0 Å². The van der Waals surface area contributed by atoms with Gasteiger partial charge in [-0.2, -0.15) is 4.98 Å². The van der Waals surface area contributed by atoms with Gasteiger partial charge in [0.1, 0.15) is 5.82 Å². The minimum absolute atomic E-state index is 0.236. The zero-order chi connectivity index (χ0) is 12.4. The number of halogens is 1. The number of rotatable bonds is 5. The summed E-state index contributed by atoms with van der Waals surface area (Å²) in [4.78, 5) is 4.24. The van der Waals surface area contributed by atoms with Crippen LogP contribution in [0.4, 0.5) is 4.39 Å². The predicted octanol–water partition coefficient (Wildman–Crippen LogP) is 2.05. The summed E-state index contributed by atoms with van der Waals surface area (Å²) >= 11 is 0. The van der Waals surface area contributed by atoms with Crippen molar-refractivity contribution in [3.05, 3.63) is 47.4 Å². The minimum atomic E-state index is -0.236. The van der Waals surface area contributed by atoms with Crippen LogP contribution in [0, 0.1) is 5.82 Å². The van der Waals surface area contributed by atoms with E-state index in [1.54, 1.807) is 18.2 Å². The molecular formula is C13H14FN3O. The van der Waals surface area contributed by atoms with Crippen LogP contribution in [0.1, 0.15) is 30.1 Å². The minimum Gasteiger partial charge on any atom is -0.338 e. The average Bonchev–Trinajstić information content (AvgIpc) is 3.10. The lowest BCUT2D eigenvalue weighted by atomic mass is 10.1. The predicted molar refractivity (Wildman–Crippen MR) is 63.4 cm³/mol. The Morgan fingerprint density at radius 2 is 2.17 bits per heavy atom. The molecule has 0 atom stereocenters. The van der Waals surface area contributed by atoms with Crippen LogP contribution in [0.2, 0.25) is 0 Å². The lowest BCUT2D eigenvalue weighted by Crippen LogP contribution is -2.15. The molecule has 0 radical (unpaired) electrons. The average molecular weight is 247 g/mol. The molecule has 94 valence electrons. The van der Waals surface area contributed by atoms with Crippen molar-refractivity contribution in [1.29, 1.82) is 0 Å². The number of hydrogen-bond donors (Lipinski definition) is 1. The normalized spacial score (nSPS) is 14.9. The van der Waals surface area contributed by atoms with E-state index < -0.39 is 0 Å². The van der Waals surface area contributed by atoms with Gasteiger partial charge in [-0.15, -0.1) is 0 Å². The molecule has 5 heteroatoms. The Balaban J connectivity index is 1.63. The van der Waals surface area contributed by atoms with E-state index in [1.807, 2.05) is 0 Å². The summed E-state index contributed by atoms with van der Waals surface area (Å²) in [5.74, 6) is 0.848. The van der Waals surface area contributed by atoms with E-state index in [0.717, 1.165) is 0 Å². The van der Waals surface area contributed by atoms with Crippen LogP contribution in [0.3, 0.4) is 0 Å². The van der Waals surface area contributed by atoms with Crippen molar-refractivity contribution in [2.24, 2.45) is 0 Å². The van der Waals surface area contributed by atoms with Gasteiger partial charge in [0.25, 0.3) is 0 Å². The molecule has 1 saturated carbocycles. The first kappa shape index (κ1) is 11.3. The van der Waals surface area contributed by atoms with Crippen molar-refractivity contribution in [1.82, 2.24) is 15.5 Å². The van der Waals surface area contributed by atoms with Crippen molar-refractivity contribution in [2.45, 2.75) is 31.8 Å². The molecule has 3 rings (SSSR count). The Bertz CT molecular complexity index is 537. The van der Waals surface area contributed by atoms with Gasteiger partial charge in [0.05, 0.1) is 6.54 Å². The Labute approximate surface area is 104 Å². The fourth-order valence-electron chi connectivity index (χ4n) is 1.76. The summed E-state index contributed by atoms with van der Waals surface area (Å²) in [7, 11) is 0. The Hall–Kier alpha value is -1.75. The number of nitrogens with one attached hydrogen (secondary N) is 1. The highest BCUT2D eigenvalue weighted by atomic mass is 19.1. The largest absolute Gasteiger partial charge is 0.338 e. The molecule has 18 heavy (non-hydrogen) atoms. The molecule has 0 saturated heterocycles. The molecule has 1 N–H and O–H groups in total. The molecule has 1 aromatic carbocycles. The summed E-state index contributed by atoms with van der Waals surface area (Å²) in [6.07, 6.45) is 2.80. The third kappa shape index (κ3) is 2.73. The maximum Gasteiger partial charge on any atom is 0.240 e. The third-order valence-electron chi connectivity index (χ3n) is 2.94. The highest BCUT2D eigenvalue weighted by Gasteiger charge is 2.21. The molecule has 0 aliphatic heterocycles. The summed E-state index contributed by atoms with van der Waals surface area (Å²) in [5.41, 5.74) is 0.583. The van der Waals surface area contributed by atoms with E-state index in [2.05, 4.69) is 15.5 Å². The highest BCUT2D eigenvalue weighted by Crippen LogP contribution is 2.19.